The number of aromatic nitrogens is 1. The number of benzene rings is 1. The highest BCUT2D eigenvalue weighted by atomic mass is 32.1. The van der Waals surface area contributed by atoms with Gasteiger partial charge in [0.2, 0.25) is 0 Å². The summed E-state index contributed by atoms with van der Waals surface area (Å²) in [6, 6.07) is 7.88. The van der Waals surface area contributed by atoms with Crippen molar-refractivity contribution in [3.63, 3.8) is 0 Å². The van der Waals surface area contributed by atoms with Crippen LogP contribution in [-0.2, 0) is 0 Å². The van der Waals surface area contributed by atoms with Gasteiger partial charge in [-0.05, 0) is 56.9 Å². The van der Waals surface area contributed by atoms with E-state index in [0.717, 1.165) is 22.9 Å². The number of nitrogens with zero attached hydrogens (tertiary/aromatic N) is 2. The minimum absolute atomic E-state index is 0.0224. The molecule has 1 aromatic carbocycles. The summed E-state index contributed by atoms with van der Waals surface area (Å²) in [4.78, 5) is 19.0. The molecule has 0 radical (unpaired) electrons. The molecule has 1 aliphatic rings. The maximum absolute atomic E-state index is 12.6. The smallest absolute Gasteiger partial charge is 0.273 e. The second-order valence-corrected chi connectivity index (χ2v) is 7.92. The molecule has 2 aromatic rings. The molecule has 0 atom stereocenters. The number of hydrogen-bond acceptors (Lipinski definition) is 4. The Kier molecular flexibility index (Phi) is 5.74. The van der Waals surface area contributed by atoms with Crippen molar-refractivity contribution in [2.45, 2.75) is 45.6 Å². The molecule has 4 nitrogen and oxygen atoms in total. The van der Waals surface area contributed by atoms with Crippen LogP contribution in [0.5, 0.6) is 5.75 Å². The average molecular weight is 359 g/mol. The standard InChI is InChI=1S/C20H26N2O2S/c1-14(2)24-17-10-8-16(9-11-17)19-21-18(13-25-19)20(23)22(3)12-15-6-4-5-7-15/h8-11,13-15H,4-7,12H2,1-3H3. The zero-order valence-corrected chi connectivity index (χ0v) is 16.0. The number of hydrogen-bond donors (Lipinski definition) is 0. The van der Waals surface area contributed by atoms with Crippen molar-refractivity contribution < 1.29 is 9.53 Å². The highest BCUT2D eigenvalue weighted by molar-refractivity contribution is 7.13. The summed E-state index contributed by atoms with van der Waals surface area (Å²) in [7, 11) is 1.89. The first-order valence-electron chi connectivity index (χ1n) is 9.01. The van der Waals surface area contributed by atoms with E-state index in [-0.39, 0.29) is 12.0 Å². The molecule has 3 rings (SSSR count). The fourth-order valence-electron chi connectivity index (χ4n) is 3.31. The van der Waals surface area contributed by atoms with Crippen molar-refractivity contribution in [3.8, 4) is 16.3 Å². The molecule has 1 amide bonds. The lowest BCUT2D eigenvalue weighted by molar-refractivity contribution is 0.0768. The van der Waals surface area contributed by atoms with Gasteiger partial charge in [-0.15, -0.1) is 11.3 Å². The van der Waals surface area contributed by atoms with Crippen LogP contribution in [0, 0.1) is 5.92 Å². The minimum atomic E-state index is 0.0224. The van der Waals surface area contributed by atoms with Crippen molar-refractivity contribution in [2.75, 3.05) is 13.6 Å². The van der Waals surface area contributed by atoms with Gasteiger partial charge in [0.25, 0.3) is 5.91 Å². The van der Waals surface area contributed by atoms with Gasteiger partial charge in [-0.1, -0.05) is 12.8 Å². The first kappa shape index (κ1) is 17.9. The molecule has 0 saturated heterocycles. The van der Waals surface area contributed by atoms with Gasteiger partial charge in [-0.3, -0.25) is 4.79 Å². The number of rotatable bonds is 6. The van der Waals surface area contributed by atoms with Crippen LogP contribution < -0.4 is 4.74 Å². The molecule has 1 aliphatic carbocycles. The van der Waals surface area contributed by atoms with Crippen LogP contribution in [0.15, 0.2) is 29.6 Å². The summed E-state index contributed by atoms with van der Waals surface area (Å²) in [6.45, 7) is 4.86. The second kappa shape index (κ2) is 8.00. The Bertz CT molecular complexity index is 703. The third-order valence-corrected chi connectivity index (χ3v) is 5.44. The zero-order chi connectivity index (χ0) is 17.8. The van der Waals surface area contributed by atoms with E-state index in [9.17, 15) is 4.79 Å². The lowest BCUT2D eigenvalue weighted by Crippen LogP contribution is -2.31. The van der Waals surface area contributed by atoms with Gasteiger partial charge in [0.1, 0.15) is 16.5 Å². The largest absolute Gasteiger partial charge is 0.491 e. The molecule has 5 heteroatoms. The molecule has 0 aliphatic heterocycles. The van der Waals surface area contributed by atoms with Gasteiger partial charge in [0.05, 0.1) is 6.10 Å². The van der Waals surface area contributed by atoms with E-state index in [0.29, 0.717) is 11.6 Å². The van der Waals surface area contributed by atoms with E-state index >= 15 is 0 Å². The van der Waals surface area contributed by atoms with E-state index < -0.39 is 0 Å². The zero-order valence-electron chi connectivity index (χ0n) is 15.2. The van der Waals surface area contributed by atoms with E-state index in [1.807, 2.05) is 55.4 Å². The van der Waals surface area contributed by atoms with Crippen molar-refractivity contribution in [2.24, 2.45) is 5.92 Å². The first-order valence-corrected chi connectivity index (χ1v) is 9.89. The maximum atomic E-state index is 12.6. The van der Waals surface area contributed by atoms with Crippen molar-refractivity contribution >= 4 is 17.2 Å². The summed E-state index contributed by atoms with van der Waals surface area (Å²) >= 11 is 1.51. The molecule has 0 unspecified atom stereocenters. The van der Waals surface area contributed by atoms with Crippen LogP contribution in [0.1, 0.15) is 50.0 Å². The molecule has 1 saturated carbocycles. The summed E-state index contributed by atoms with van der Waals surface area (Å²) in [5, 5.41) is 2.73. The minimum Gasteiger partial charge on any atom is -0.491 e. The predicted molar refractivity (Wildman–Crippen MR) is 102 cm³/mol. The number of amides is 1. The summed E-state index contributed by atoms with van der Waals surface area (Å²) < 4.78 is 5.67. The SMILES string of the molecule is CC(C)Oc1ccc(-c2nc(C(=O)N(C)CC3CCCC3)cs2)cc1. The summed E-state index contributed by atoms with van der Waals surface area (Å²) in [6.07, 6.45) is 5.23. The molecular formula is C20H26N2O2S. The van der Waals surface area contributed by atoms with Crippen LogP contribution in [0.25, 0.3) is 10.6 Å². The molecule has 1 fully saturated rings. The molecule has 0 N–H and O–H groups in total. The van der Waals surface area contributed by atoms with Crippen LogP contribution >= 0.6 is 11.3 Å². The van der Waals surface area contributed by atoms with E-state index in [1.165, 1.54) is 37.0 Å². The highest BCUT2D eigenvalue weighted by Gasteiger charge is 2.22. The number of thiazole rings is 1. The lowest BCUT2D eigenvalue weighted by Gasteiger charge is -2.20. The Labute approximate surface area is 153 Å². The first-order chi connectivity index (χ1) is 12.0. The molecule has 1 heterocycles. The topological polar surface area (TPSA) is 42.4 Å². The molecule has 25 heavy (non-hydrogen) atoms. The average Bonchev–Trinajstić information content (AvgIpc) is 3.26. The normalized spacial score (nSPS) is 14.9. The number of carbonyl (C=O) groups excluding carboxylic acids is 1. The summed E-state index contributed by atoms with van der Waals surface area (Å²) in [5.74, 6) is 1.53. The highest BCUT2D eigenvalue weighted by Crippen LogP contribution is 2.28. The number of ether oxygens (including phenoxy) is 1. The maximum Gasteiger partial charge on any atom is 0.273 e. The van der Waals surface area contributed by atoms with E-state index in [4.69, 9.17) is 4.74 Å². The van der Waals surface area contributed by atoms with Crippen molar-refractivity contribution in [1.82, 2.24) is 9.88 Å². The van der Waals surface area contributed by atoms with Gasteiger partial charge >= 0.3 is 0 Å². The van der Waals surface area contributed by atoms with E-state index in [1.54, 1.807) is 0 Å². The molecule has 0 spiro atoms. The van der Waals surface area contributed by atoms with Crippen LogP contribution in [0.2, 0.25) is 0 Å². The van der Waals surface area contributed by atoms with Crippen LogP contribution in [0.4, 0.5) is 0 Å². The Hall–Kier alpha value is -1.88. The second-order valence-electron chi connectivity index (χ2n) is 7.07. The lowest BCUT2D eigenvalue weighted by atomic mass is 10.1. The van der Waals surface area contributed by atoms with Gasteiger partial charge in [0, 0.05) is 24.5 Å². The predicted octanol–water partition coefficient (Wildman–Crippen LogP) is 4.86. The third kappa shape index (κ3) is 4.60. The van der Waals surface area contributed by atoms with Crippen LogP contribution in [0.3, 0.4) is 0 Å². The molecule has 0 bridgehead atoms. The van der Waals surface area contributed by atoms with Crippen molar-refractivity contribution in [3.05, 3.63) is 35.3 Å². The van der Waals surface area contributed by atoms with Gasteiger partial charge in [0.15, 0.2) is 0 Å². The Morgan fingerprint density at radius 3 is 2.60 bits per heavy atom. The van der Waals surface area contributed by atoms with Crippen LogP contribution in [-0.4, -0.2) is 35.5 Å². The third-order valence-electron chi connectivity index (χ3n) is 4.55. The fraction of sp³-hybridized carbons (Fsp3) is 0.500. The van der Waals surface area contributed by atoms with Gasteiger partial charge in [-0.25, -0.2) is 4.98 Å². The monoisotopic (exact) mass is 358 g/mol. The molecule has 1 aromatic heterocycles. The Morgan fingerprint density at radius 2 is 1.96 bits per heavy atom. The van der Waals surface area contributed by atoms with Gasteiger partial charge < -0.3 is 9.64 Å². The molecule has 134 valence electrons. The van der Waals surface area contributed by atoms with Crippen molar-refractivity contribution in [1.29, 1.82) is 0 Å². The Morgan fingerprint density at radius 1 is 1.28 bits per heavy atom. The van der Waals surface area contributed by atoms with E-state index in [2.05, 4.69) is 4.98 Å². The number of carbonyl (C=O) groups is 1. The quantitative estimate of drug-likeness (QED) is 0.740. The summed E-state index contributed by atoms with van der Waals surface area (Å²) in [5.41, 5.74) is 1.56. The fourth-order valence-corrected chi connectivity index (χ4v) is 4.11. The van der Waals surface area contributed by atoms with Gasteiger partial charge in [-0.2, -0.15) is 0 Å². The Balaban J connectivity index is 1.65. The molecular weight excluding hydrogens is 332 g/mol.